The first-order valence-corrected chi connectivity index (χ1v) is 6.40. The minimum atomic E-state index is 0.336. The highest BCUT2D eigenvalue weighted by molar-refractivity contribution is 5.88. The Morgan fingerprint density at radius 1 is 1.19 bits per heavy atom. The summed E-state index contributed by atoms with van der Waals surface area (Å²) in [6.45, 7) is 0. The lowest BCUT2D eigenvalue weighted by atomic mass is 10.1. The monoisotopic (exact) mass is 278 g/mol. The van der Waals surface area contributed by atoms with E-state index in [0.717, 1.165) is 22.2 Å². The number of hydrogen-bond donors (Lipinski definition) is 1. The van der Waals surface area contributed by atoms with Crippen molar-refractivity contribution in [3.8, 4) is 17.6 Å². The number of benzene rings is 1. The van der Waals surface area contributed by atoms with Crippen LogP contribution in [0.2, 0.25) is 0 Å². The van der Waals surface area contributed by atoms with Crippen LogP contribution in [-0.4, -0.2) is 21.6 Å². The maximum atomic E-state index is 5.75. The quantitative estimate of drug-likeness (QED) is 0.691. The fourth-order valence-electron chi connectivity index (χ4n) is 2.17. The number of nitrogen functional groups attached to an aromatic ring is 1. The minimum Gasteiger partial charge on any atom is -0.497 e. The van der Waals surface area contributed by atoms with Crippen LogP contribution in [0, 0.1) is 11.8 Å². The van der Waals surface area contributed by atoms with Gasteiger partial charge in [0.25, 0.3) is 0 Å². The second kappa shape index (κ2) is 5.17. The van der Waals surface area contributed by atoms with Crippen LogP contribution >= 0.6 is 0 Å². The van der Waals surface area contributed by atoms with Crippen molar-refractivity contribution < 1.29 is 4.74 Å². The fourth-order valence-corrected chi connectivity index (χ4v) is 2.17. The van der Waals surface area contributed by atoms with E-state index in [-0.39, 0.29) is 0 Å². The number of ether oxygens (including phenoxy) is 1. The van der Waals surface area contributed by atoms with Gasteiger partial charge in [-0.05, 0) is 24.1 Å². The van der Waals surface area contributed by atoms with E-state index in [1.165, 1.54) is 0 Å². The van der Waals surface area contributed by atoms with Crippen LogP contribution in [0.25, 0.3) is 10.9 Å². The van der Waals surface area contributed by atoms with Crippen LogP contribution in [-0.2, 0) is 7.05 Å². The van der Waals surface area contributed by atoms with Crippen molar-refractivity contribution in [1.82, 2.24) is 14.5 Å². The van der Waals surface area contributed by atoms with E-state index in [1.54, 1.807) is 19.5 Å². The number of fused-ring (bicyclic) bond motifs is 1. The molecule has 2 aromatic heterocycles. The lowest BCUT2D eigenvalue weighted by Gasteiger charge is -2.00. The number of nitrogens with zero attached hydrogens (tertiary/aromatic N) is 3. The summed E-state index contributed by atoms with van der Waals surface area (Å²) in [6.07, 6.45) is 5.10. The Morgan fingerprint density at radius 3 is 2.76 bits per heavy atom. The van der Waals surface area contributed by atoms with E-state index < -0.39 is 0 Å². The molecular weight excluding hydrogens is 264 g/mol. The summed E-state index contributed by atoms with van der Waals surface area (Å²) in [7, 11) is 3.63. The largest absolute Gasteiger partial charge is 0.497 e. The third-order valence-electron chi connectivity index (χ3n) is 3.24. The van der Waals surface area contributed by atoms with Gasteiger partial charge in [0, 0.05) is 36.5 Å². The number of aryl methyl sites for hydroxylation is 1. The Hall–Kier alpha value is -3.00. The molecule has 0 aliphatic carbocycles. The molecule has 0 amide bonds. The summed E-state index contributed by atoms with van der Waals surface area (Å²) in [5.41, 5.74) is 8.22. The predicted octanol–water partition coefficient (Wildman–Crippen LogP) is 1.96. The molecule has 2 N–H and O–H groups in total. The van der Waals surface area contributed by atoms with Crippen molar-refractivity contribution in [2.24, 2.45) is 7.05 Å². The van der Waals surface area contributed by atoms with Crippen LogP contribution in [0.4, 0.5) is 5.82 Å². The first-order chi connectivity index (χ1) is 10.2. The van der Waals surface area contributed by atoms with Crippen molar-refractivity contribution in [3.05, 3.63) is 48.0 Å². The number of nitrogens with two attached hydrogens (primary N) is 1. The van der Waals surface area contributed by atoms with Crippen LogP contribution in [0.5, 0.6) is 5.75 Å². The molecule has 5 heteroatoms. The Morgan fingerprint density at radius 2 is 2.00 bits per heavy atom. The number of rotatable bonds is 1. The molecule has 0 atom stereocenters. The highest BCUT2D eigenvalue weighted by Gasteiger charge is 2.06. The molecule has 0 aliphatic heterocycles. The normalized spacial score (nSPS) is 10.2. The molecule has 3 rings (SSSR count). The highest BCUT2D eigenvalue weighted by Crippen LogP contribution is 2.24. The van der Waals surface area contributed by atoms with Gasteiger partial charge in [-0.25, -0.2) is 9.97 Å². The Balaban J connectivity index is 2.12. The van der Waals surface area contributed by atoms with Crippen LogP contribution < -0.4 is 10.5 Å². The van der Waals surface area contributed by atoms with Crippen molar-refractivity contribution in [1.29, 1.82) is 0 Å². The maximum absolute atomic E-state index is 5.75. The summed E-state index contributed by atoms with van der Waals surface area (Å²) in [5.74, 6) is 7.22. The van der Waals surface area contributed by atoms with E-state index in [2.05, 4.69) is 21.8 Å². The zero-order valence-electron chi connectivity index (χ0n) is 11.8. The van der Waals surface area contributed by atoms with E-state index in [0.29, 0.717) is 11.5 Å². The van der Waals surface area contributed by atoms with Gasteiger partial charge < -0.3 is 15.0 Å². The van der Waals surface area contributed by atoms with Crippen LogP contribution in [0.1, 0.15) is 11.3 Å². The Kier molecular flexibility index (Phi) is 3.20. The standard InChI is InChI=1S/C16H14N4O/c1-20-10-11(3-5-14-16(17)19-8-7-18-14)13-9-12(21-2)4-6-15(13)20/h4,6-10H,1-2H3,(H2,17,19). The van der Waals surface area contributed by atoms with Crippen molar-refractivity contribution in [3.63, 3.8) is 0 Å². The molecular formula is C16H14N4O. The SMILES string of the molecule is COc1ccc2c(c1)c(C#Cc1nccnc1N)cn2C. The molecule has 0 bridgehead atoms. The summed E-state index contributed by atoms with van der Waals surface area (Å²) in [4.78, 5) is 8.10. The zero-order chi connectivity index (χ0) is 14.8. The first kappa shape index (κ1) is 13.0. The molecule has 0 aliphatic rings. The van der Waals surface area contributed by atoms with E-state index >= 15 is 0 Å². The third-order valence-corrected chi connectivity index (χ3v) is 3.24. The summed E-state index contributed by atoms with van der Waals surface area (Å²) in [5, 5.41) is 1.03. The molecule has 0 saturated carbocycles. The fraction of sp³-hybridized carbons (Fsp3) is 0.125. The molecule has 3 aromatic rings. The zero-order valence-corrected chi connectivity index (χ0v) is 11.8. The second-order valence-corrected chi connectivity index (χ2v) is 4.58. The van der Waals surface area contributed by atoms with Gasteiger partial charge in [0.15, 0.2) is 11.5 Å². The molecule has 0 fully saturated rings. The molecule has 0 spiro atoms. The van der Waals surface area contributed by atoms with Crippen LogP contribution in [0.3, 0.4) is 0 Å². The van der Waals surface area contributed by atoms with Gasteiger partial charge in [-0.15, -0.1) is 0 Å². The van der Waals surface area contributed by atoms with Crippen molar-refractivity contribution in [2.45, 2.75) is 0 Å². The average molecular weight is 278 g/mol. The van der Waals surface area contributed by atoms with Gasteiger partial charge in [-0.2, -0.15) is 0 Å². The maximum Gasteiger partial charge on any atom is 0.158 e. The highest BCUT2D eigenvalue weighted by atomic mass is 16.5. The molecule has 104 valence electrons. The van der Waals surface area contributed by atoms with Crippen molar-refractivity contribution >= 4 is 16.7 Å². The second-order valence-electron chi connectivity index (χ2n) is 4.58. The third kappa shape index (κ3) is 2.39. The van der Waals surface area contributed by atoms with Gasteiger partial charge in [-0.3, -0.25) is 0 Å². The minimum absolute atomic E-state index is 0.336. The van der Waals surface area contributed by atoms with E-state index in [9.17, 15) is 0 Å². The molecule has 2 heterocycles. The Labute approximate surface area is 122 Å². The van der Waals surface area contributed by atoms with Gasteiger partial charge in [-0.1, -0.05) is 5.92 Å². The first-order valence-electron chi connectivity index (χ1n) is 6.40. The summed E-state index contributed by atoms with van der Waals surface area (Å²) in [6, 6.07) is 5.91. The van der Waals surface area contributed by atoms with Crippen LogP contribution in [0.15, 0.2) is 36.8 Å². The molecule has 5 nitrogen and oxygen atoms in total. The smallest absolute Gasteiger partial charge is 0.158 e. The van der Waals surface area contributed by atoms with Gasteiger partial charge >= 0.3 is 0 Å². The topological polar surface area (TPSA) is 66.0 Å². The van der Waals surface area contributed by atoms with Gasteiger partial charge in [0.1, 0.15) is 5.75 Å². The number of anilines is 1. The lowest BCUT2D eigenvalue weighted by molar-refractivity contribution is 0.415. The van der Waals surface area contributed by atoms with Gasteiger partial charge in [0.05, 0.1) is 12.7 Å². The molecule has 0 unspecified atom stereocenters. The lowest BCUT2D eigenvalue weighted by Crippen LogP contribution is -1.95. The van der Waals surface area contributed by atoms with Crippen molar-refractivity contribution in [2.75, 3.05) is 12.8 Å². The number of hydrogen-bond acceptors (Lipinski definition) is 4. The summed E-state index contributed by atoms with van der Waals surface area (Å²) >= 11 is 0. The summed E-state index contributed by atoms with van der Waals surface area (Å²) < 4.78 is 7.30. The predicted molar refractivity (Wildman–Crippen MR) is 81.9 cm³/mol. The Bertz CT molecular complexity index is 871. The number of methoxy groups -OCH3 is 1. The van der Waals surface area contributed by atoms with Gasteiger partial charge in [0.2, 0.25) is 0 Å². The molecule has 0 saturated heterocycles. The molecule has 1 aromatic carbocycles. The molecule has 0 radical (unpaired) electrons. The van der Waals surface area contributed by atoms with E-state index in [1.807, 2.05) is 36.0 Å². The molecule has 21 heavy (non-hydrogen) atoms. The van der Waals surface area contributed by atoms with E-state index in [4.69, 9.17) is 10.5 Å². The average Bonchev–Trinajstić information content (AvgIpc) is 2.82. The number of aromatic nitrogens is 3.